The van der Waals surface area contributed by atoms with Crippen molar-refractivity contribution in [3.05, 3.63) is 68.7 Å². The lowest BCUT2D eigenvalue weighted by molar-refractivity contribution is -0.137. The standard InChI is InChI=1S/C17H11ClF3N3O3/c18-11-4-1-8(5-12(11)22)16(26)27-7-14-23-13-6-9(17(19,20)21)2-3-10(13)15(25)24-14/h1-6H,7,22H2,(H,23,24,25). The zero-order valence-corrected chi connectivity index (χ0v) is 14.2. The summed E-state index contributed by atoms with van der Waals surface area (Å²) >= 11 is 5.77. The van der Waals surface area contributed by atoms with Gasteiger partial charge in [-0.3, -0.25) is 4.79 Å². The van der Waals surface area contributed by atoms with Gasteiger partial charge in [0, 0.05) is 0 Å². The molecule has 6 nitrogen and oxygen atoms in total. The Labute approximate surface area is 154 Å². The number of esters is 1. The molecular formula is C17H11ClF3N3O3. The largest absolute Gasteiger partial charge is 0.454 e. The van der Waals surface area contributed by atoms with Crippen LogP contribution < -0.4 is 11.3 Å². The van der Waals surface area contributed by atoms with E-state index in [9.17, 15) is 22.8 Å². The summed E-state index contributed by atoms with van der Waals surface area (Å²) in [6.45, 7) is -0.442. The lowest BCUT2D eigenvalue weighted by Crippen LogP contribution is -2.15. The maximum Gasteiger partial charge on any atom is 0.416 e. The molecule has 0 aliphatic rings. The van der Waals surface area contributed by atoms with Gasteiger partial charge in [-0.2, -0.15) is 13.2 Å². The number of anilines is 1. The van der Waals surface area contributed by atoms with Crippen LogP contribution in [0.2, 0.25) is 5.02 Å². The first kappa shape index (κ1) is 18.7. The van der Waals surface area contributed by atoms with Crippen LogP contribution in [-0.2, 0) is 17.5 Å². The van der Waals surface area contributed by atoms with Gasteiger partial charge < -0.3 is 15.5 Å². The number of alkyl halides is 3. The Bertz CT molecular complexity index is 1100. The number of rotatable bonds is 3. The zero-order chi connectivity index (χ0) is 19.8. The Morgan fingerprint density at radius 1 is 1.22 bits per heavy atom. The number of carbonyl (C=O) groups excluding carboxylic acids is 1. The van der Waals surface area contributed by atoms with Crippen LogP contribution in [0.25, 0.3) is 10.9 Å². The van der Waals surface area contributed by atoms with Crippen molar-refractivity contribution < 1.29 is 22.7 Å². The van der Waals surface area contributed by atoms with Crippen LogP contribution in [-0.4, -0.2) is 15.9 Å². The van der Waals surface area contributed by atoms with E-state index in [1.54, 1.807) is 0 Å². The molecule has 3 N–H and O–H groups in total. The van der Waals surface area contributed by atoms with Gasteiger partial charge in [0.25, 0.3) is 5.56 Å². The van der Waals surface area contributed by atoms with Gasteiger partial charge in [-0.1, -0.05) is 11.6 Å². The monoisotopic (exact) mass is 397 g/mol. The number of ether oxygens (including phenoxy) is 1. The van der Waals surface area contributed by atoms with Crippen LogP contribution in [0.1, 0.15) is 21.7 Å². The van der Waals surface area contributed by atoms with Crippen molar-refractivity contribution >= 4 is 34.2 Å². The van der Waals surface area contributed by atoms with Gasteiger partial charge in [0.1, 0.15) is 12.4 Å². The lowest BCUT2D eigenvalue weighted by Gasteiger charge is -2.09. The summed E-state index contributed by atoms with van der Waals surface area (Å²) in [5.41, 5.74) is 4.18. The first-order valence-electron chi connectivity index (χ1n) is 7.47. The van der Waals surface area contributed by atoms with Gasteiger partial charge in [-0.25, -0.2) is 9.78 Å². The maximum atomic E-state index is 12.8. The number of fused-ring (bicyclic) bond motifs is 1. The number of nitrogens with one attached hydrogen (secondary N) is 1. The third kappa shape index (κ3) is 4.03. The van der Waals surface area contributed by atoms with Gasteiger partial charge in [-0.15, -0.1) is 0 Å². The van der Waals surface area contributed by atoms with Crippen LogP contribution in [0, 0.1) is 0 Å². The van der Waals surface area contributed by atoms with E-state index in [2.05, 4.69) is 9.97 Å². The first-order valence-corrected chi connectivity index (χ1v) is 7.85. The minimum Gasteiger partial charge on any atom is -0.454 e. The molecule has 27 heavy (non-hydrogen) atoms. The van der Waals surface area contributed by atoms with E-state index >= 15 is 0 Å². The summed E-state index contributed by atoms with van der Waals surface area (Å²) in [6, 6.07) is 6.72. The van der Waals surface area contributed by atoms with Gasteiger partial charge >= 0.3 is 12.1 Å². The van der Waals surface area contributed by atoms with Crippen molar-refractivity contribution in [1.82, 2.24) is 9.97 Å². The van der Waals surface area contributed by atoms with Crippen molar-refractivity contribution in [3.8, 4) is 0 Å². The fraction of sp³-hybridized carbons (Fsp3) is 0.118. The number of nitrogen functional groups attached to an aromatic ring is 1. The second-order valence-electron chi connectivity index (χ2n) is 5.55. The number of carbonyl (C=O) groups is 1. The van der Waals surface area contributed by atoms with E-state index in [0.29, 0.717) is 0 Å². The van der Waals surface area contributed by atoms with E-state index < -0.39 is 29.9 Å². The summed E-state index contributed by atoms with van der Waals surface area (Å²) in [5, 5.41) is 0.260. The number of nitrogens with zero attached hydrogens (tertiary/aromatic N) is 1. The first-order chi connectivity index (χ1) is 12.6. The third-order valence-corrected chi connectivity index (χ3v) is 4.00. The minimum absolute atomic E-state index is 0.0106. The van der Waals surface area contributed by atoms with Crippen molar-refractivity contribution in [3.63, 3.8) is 0 Å². The molecule has 0 saturated carbocycles. The molecule has 0 unspecified atom stereocenters. The predicted molar refractivity (Wildman–Crippen MR) is 92.3 cm³/mol. The zero-order valence-electron chi connectivity index (χ0n) is 13.4. The topological polar surface area (TPSA) is 98.1 Å². The molecule has 1 heterocycles. The SMILES string of the molecule is Nc1cc(C(=O)OCc2nc3cc(C(F)(F)F)ccc3c(=O)[nH]2)ccc1Cl. The van der Waals surface area contributed by atoms with Crippen molar-refractivity contribution in [1.29, 1.82) is 0 Å². The highest BCUT2D eigenvalue weighted by Gasteiger charge is 2.30. The normalized spacial score (nSPS) is 11.6. The minimum atomic E-state index is -4.57. The molecule has 3 rings (SSSR count). The molecule has 0 saturated heterocycles. The average Bonchev–Trinajstić information content (AvgIpc) is 2.60. The number of hydrogen-bond acceptors (Lipinski definition) is 5. The number of nitrogens with two attached hydrogens (primary N) is 1. The van der Waals surface area contributed by atoms with E-state index in [4.69, 9.17) is 22.1 Å². The molecule has 0 atom stereocenters. The second kappa shape index (κ2) is 6.92. The summed E-state index contributed by atoms with van der Waals surface area (Å²) in [7, 11) is 0. The molecular weight excluding hydrogens is 387 g/mol. The summed E-state index contributed by atoms with van der Waals surface area (Å²) in [4.78, 5) is 30.3. The fourth-order valence-corrected chi connectivity index (χ4v) is 2.44. The maximum absolute atomic E-state index is 12.8. The Morgan fingerprint density at radius 3 is 2.63 bits per heavy atom. The highest BCUT2D eigenvalue weighted by molar-refractivity contribution is 6.33. The Hall–Kier alpha value is -3.07. The van der Waals surface area contributed by atoms with E-state index in [1.165, 1.54) is 18.2 Å². The number of aromatic amines is 1. The molecule has 0 amide bonds. The molecule has 10 heteroatoms. The second-order valence-corrected chi connectivity index (χ2v) is 5.96. The molecule has 140 valence electrons. The summed E-state index contributed by atoms with van der Waals surface area (Å²) in [6.07, 6.45) is -4.57. The van der Waals surface area contributed by atoms with Crippen LogP contribution >= 0.6 is 11.6 Å². The van der Waals surface area contributed by atoms with Crippen LogP contribution in [0.3, 0.4) is 0 Å². The quantitative estimate of drug-likeness (QED) is 0.520. The van der Waals surface area contributed by atoms with Crippen molar-refractivity contribution in [2.24, 2.45) is 0 Å². The Kier molecular flexibility index (Phi) is 4.79. The molecule has 0 radical (unpaired) electrons. The molecule has 0 bridgehead atoms. The van der Waals surface area contributed by atoms with Gasteiger partial charge in [0.15, 0.2) is 0 Å². The number of halogens is 4. The van der Waals surface area contributed by atoms with E-state index in [-0.39, 0.29) is 33.0 Å². The average molecular weight is 398 g/mol. The highest BCUT2D eigenvalue weighted by Crippen LogP contribution is 2.30. The van der Waals surface area contributed by atoms with Gasteiger partial charge in [-0.05, 0) is 36.4 Å². The number of benzene rings is 2. The van der Waals surface area contributed by atoms with E-state index in [0.717, 1.165) is 18.2 Å². The smallest absolute Gasteiger partial charge is 0.416 e. The summed E-state index contributed by atoms with van der Waals surface area (Å²) < 4.78 is 43.5. The predicted octanol–water partition coefficient (Wildman–Crippen LogP) is 3.53. The lowest BCUT2D eigenvalue weighted by atomic mass is 10.1. The Balaban J connectivity index is 1.85. The fourth-order valence-electron chi connectivity index (χ4n) is 2.32. The molecule has 1 aromatic heterocycles. The van der Waals surface area contributed by atoms with Crippen molar-refractivity contribution in [2.75, 3.05) is 5.73 Å². The van der Waals surface area contributed by atoms with Crippen LogP contribution in [0.4, 0.5) is 18.9 Å². The molecule has 3 aromatic rings. The molecule has 2 aromatic carbocycles. The van der Waals surface area contributed by atoms with E-state index in [1.807, 2.05) is 0 Å². The highest BCUT2D eigenvalue weighted by atomic mass is 35.5. The van der Waals surface area contributed by atoms with Gasteiger partial charge in [0.2, 0.25) is 0 Å². The number of hydrogen-bond donors (Lipinski definition) is 2. The molecule has 0 spiro atoms. The third-order valence-electron chi connectivity index (χ3n) is 3.65. The van der Waals surface area contributed by atoms with Crippen LogP contribution in [0.15, 0.2) is 41.2 Å². The molecule has 0 fully saturated rings. The van der Waals surface area contributed by atoms with Crippen LogP contribution in [0.5, 0.6) is 0 Å². The Morgan fingerprint density at radius 2 is 1.96 bits per heavy atom. The number of H-pyrrole nitrogens is 1. The molecule has 0 aliphatic carbocycles. The molecule has 0 aliphatic heterocycles. The van der Waals surface area contributed by atoms with Crippen molar-refractivity contribution in [2.45, 2.75) is 12.8 Å². The van der Waals surface area contributed by atoms with Gasteiger partial charge in [0.05, 0.1) is 32.7 Å². The number of aromatic nitrogens is 2. The summed E-state index contributed by atoms with van der Waals surface area (Å²) in [5.74, 6) is -0.854.